The molecule has 0 atom stereocenters. The minimum atomic E-state index is 0.485. The van der Waals surface area contributed by atoms with Gasteiger partial charge in [-0.15, -0.1) is 0 Å². The van der Waals surface area contributed by atoms with Crippen molar-refractivity contribution in [2.45, 2.75) is 51.5 Å². The highest BCUT2D eigenvalue weighted by Gasteiger charge is 2.32. The van der Waals surface area contributed by atoms with Crippen LogP contribution in [0.5, 0.6) is 0 Å². The third kappa shape index (κ3) is 2.46. The van der Waals surface area contributed by atoms with Gasteiger partial charge in [0.1, 0.15) is 10.8 Å². The van der Waals surface area contributed by atoms with Gasteiger partial charge >= 0.3 is 0 Å². The van der Waals surface area contributed by atoms with Crippen LogP contribution in [0.3, 0.4) is 0 Å². The summed E-state index contributed by atoms with van der Waals surface area (Å²) in [7, 11) is 0. The predicted molar refractivity (Wildman–Crippen MR) is 82.8 cm³/mol. The Morgan fingerprint density at radius 1 is 1.47 bits per heavy atom. The van der Waals surface area contributed by atoms with Gasteiger partial charge in [0.15, 0.2) is 0 Å². The Bertz CT molecular complexity index is 508. The maximum absolute atomic E-state index is 5.93. The Morgan fingerprint density at radius 3 is 2.89 bits per heavy atom. The molecule has 0 saturated heterocycles. The summed E-state index contributed by atoms with van der Waals surface area (Å²) >= 11 is 5.24. The highest BCUT2D eigenvalue weighted by molar-refractivity contribution is 7.80. The topological polar surface area (TPSA) is 42.2 Å². The van der Waals surface area contributed by atoms with Crippen LogP contribution >= 0.6 is 12.2 Å². The molecule has 102 valence electrons. The van der Waals surface area contributed by atoms with Crippen LogP contribution in [0.25, 0.3) is 0 Å². The number of thiocarbonyl (C=S) groups is 1. The highest BCUT2D eigenvalue weighted by Crippen LogP contribution is 2.35. The molecule has 2 N–H and O–H groups in total. The lowest BCUT2D eigenvalue weighted by Gasteiger charge is -2.26. The number of pyridine rings is 1. The van der Waals surface area contributed by atoms with Gasteiger partial charge in [0.05, 0.1) is 5.56 Å². The number of nitrogens with zero attached hydrogens (tertiary/aromatic N) is 2. The number of rotatable bonds is 5. The van der Waals surface area contributed by atoms with Crippen molar-refractivity contribution in [1.29, 1.82) is 0 Å². The Hall–Kier alpha value is -1.16. The van der Waals surface area contributed by atoms with Crippen LogP contribution in [0.1, 0.15) is 49.4 Å². The summed E-state index contributed by atoms with van der Waals surface area (Å²) in [6, 6.07) is 2.85. The van der Waals surface area contributed by atoms with E-state index in [1.807, 2.05) is 0 Å². The van der Waals surface area contributed by atoms with Gasteiger partial charge in [-0.25, -0.2) is 4.98 Å². The zero-order valence-electron chi connectivity index (χ0n) is 11.5. The minimum absolute atomic E-state index is 0.485. The van der Waals surface area contributed by atoms with E-state index in [4.69, 9.17) is 22.9 Å². The summed E-state index contributed by atoms with van der Waals surface area (Å²) < 4.78 is 0. The number of hydrogen-bond acceptors (Lipinski definition) is 3. The van der Waals surface area contributed by atoms with E-state index in [9.17, 15) is 0 Å². The fourth-order valence-corrected chi connectivity index (χ4v) is 3.10. The standard InChI is InChI=1S/C15H21N3S/c1-2-8-18(11-6-7-11)15-12(14(16)19)9-10-4-3-5-13(10)17-15/h9,11H,2-8H2,1H3,(H2,16,19). The van der Waals surface area contributed by atoms with E-state index < -0.39 is 0 Å². The lowest BCUT2D eigenvalue weighted by Crippen LogP contribution is -2.30. The number of hydrogen-bond donors (Lipinski definition) is 1. The maximum atomic E-state index is 5.93. The lowest BCUT2D eigenvalue weighted by molar-refractivity contribution is 0.746. The van der Waals surface area contributed by atoms with E-state index >= 15 is 0 Å². The second-order valence-corrected chi connectivity index (χ2v) is 6.05. The molecule has 0 amide bonds. The zero-order chi connectivity index (χ0) is 13.4. The Labute approximate surface area is 120 Å². The van der Waals surface area contributed by atoms with Crippen LogP contribution in [-0.4, -0.2) is 22.6 Å². The Morgan fingerprint density at radius 2 is 2.26 bits per heavy atom. The molecular formula is C15H21N3S. The summed E-state index contributed by atoms with van der Waals surface area (Å²) in [6.45, 7) is 3.26. The largest absolute Gasteiger partial charge is 0.389 e. The van der Waals surface area contributed by atoms with Crippen molar-refractivity contribution in [3.05, 3.63) is 22.9 Å². The number of aryl methyl sites for hydroxylation is 2. The molecule has 2 aliphatic rings. The second-order valence-electron chi connectivity index (χ2n) is 5.61. The molecule has 2 aliphatic carbocycles. The predicted octanol–water partition coefficient (Wildman–Crippen LogP) is 2.58. The van der Waals surface area contributed by atoms with E-state index in [0.717, 1.165) is 37.2 Å². The molecular weight excluding hydrogens is 254 g/mol. The van der Waals surface area contributed by atoms with Crippen molar-refractivity contribution in [2.75, 3.05) is 11.4 Å². The molecule has 1 aromatic heterocycles. The van der Waals surface area contributed by atoms with Gasteiger partial charge in [0.2, 0.25) is 0 Å². The third-order valence-corrected chi connectivity index (χ3v) is 4.24. The molecule has 1 saturated carbocycles. The van der Waals surface area contributed by atoms with Crippen LogP contribution in [0, 0.1) is 0 Å². The first kappa shape index (κ1) is 12.9. The Kier molecular flexibility index (Phi) is 3.44. The molecule has 1 fully saturated rings. The van der Waals surface area contributed by atoms with Crippen molar-refractivity contribution < 1.29 is 0 Å². The number of fused-ring (bicyclic) bond motifs is 1. The molecule has 0 aromatic carbocycles. The number of anilines is 1. The number of aromatic nitrogens is 1. The van der Waals surface area contributed by atoms with Crippen molar-refractivity contribution in [1.82, 2.24) is 4.98 Å². The van der Waals surface area contributed by atoms with Crippen molar-refractivity contribution in [3.8, 4) is 0 Å². The van der Waals surface area contributed by atoms with E-state index in [1.54, 1.807) is 0 Å². The van der Waals surface area contributed by atoms with Gasteiger partial charge in [-0.3, -0.25) is 0 Å². The van der Waals surface area contributed by atoms with Gasteiger partial charge < -0.3 is 10.6 Å². The van der Waals surface area contributed by atoms with Crippen LogP contribution in [0.15, 0.2) is 6.07 Å². The van der Waals surface area contributed by atoms with E-state index in [2.05, 4.69) is 17.9 Å². The molecule has 1 aromatic rings. The molecule has 1 heterocycles. The Balaban J connectivity index is 2.04. The lowest BCUT2D eigenvalue weighted by atomic mass is 10.1. The van der Waals surface area contributed by atoms with E-state index in [0.29, 0.717) is 11.0 Å². The average molecular weight is 275 g/mol. The summed E-state index contributed by atoms with van der Waals surface area (Å²) in [5, 5.41) is 0. The summed E-state index contributed by atoms with van der Waals surface area (Å²) in [5.74, 6) is 1.04. The third-order valence-electron chi connectivity index (χ3n) is 4.02. The summed E-state index contributed by atoms with van der Waals surface area (Å²) in [4.78, 5) is 7.82. The average Bonchev–Trinajstić information content (AvgIpc) is 3.12. The van der Waals surface area contributed by atoms with Gasteiger partial charge in [0, 0.05) is 18.3 Å². The minimum Gasteiger partial charge on any atom is -0.389 e. The molecule has 3 nitrogen and oxygen atoms in total. The summed E-state index contributed by atoms with van der Waals surface area (Å²) in [6.07, 6.45) is 7.11. The normalized spacial score (nSPS) is 17.3. The molecule has 19 heavy (non-hydrogen) atoms. The monoisotopic (exact) mass is 275 g/mol. The van der Waals surface area contributed by atoms with Gasteiger partial charge in [-0.05, 0) is 50.2 Å². The van der Waals surface area contributed by atoms with Crippen LogP contribution < -0.4 is 10.6 Å². The van der Waals surface area contributed by atoms with E-state index in [1.165, 1.54) is 30.5 Å². The van der Waals surface area contributed by atoms with Crippen LogP contribution in [0.2, 0.25) is 0 Å². The first-order chi connectivity index (χ1) is 9.20. The van der Waals surface area contributed by atoms with Crippen LogP contribution in [-0.2, 0) is 12.8 Å². The maximum Gasteiger partial charge on any atom is 0.139 e. The SMILES string of the molecule is CCCN(c1nc2c(cc1C(N)=S)CCC2)C1CC1. The first-order valence-electron chi connectivity index (χ1n) is 7.30. The van der Waals surface area contributed by atoms with Crippen LogP contribution in [0.4, 0.5) is 5.82 Å². The zero-order valence-corrected chi connectivity index (χ0v) is 12.3. The fraction of sp³-hybridized carbons (Fsp3) is 0.600. The quantitative estimate of drug-likeness (QED) is 0.839. The summed E-state index contributed by atoms with van der Waals surface area (Å²) in [5.41, 5.74) is 9.52. The van der Waals surface area contributed by atoms with Crippen molar-refractivity contribution >= 4 is 23.0 Å². The van der Waals surface area contributed by atoms with Gasteiger partial charge in [0.25, 0.3) is 0 Å². The first-order valence-corrected chi connectivity index (χ1v) is 7.70. The fourth-order valence-electron chi connectivity index (χ4n) is 2.95. The highest BCUT2D eigenvalue weighted by atomic mass is 32.1. The molecule has 3 rings (SSSR count). The van der Waals surface area contributed by atoms with Crippen molar-refractivity contribution in [3.63, 3.8) is 0 Å². The van der Waals surface area contributed by atoms with Gasteiger partial charge in [-0.2, -0.15) is 0 Å². The molecule has 0 radical (unpaired) electrons. The molecule has 4 heteroatoms. The molecule has 0 unspecified atom stereocenters. The second kappa shape index (κ2) is 5.08. The smallest absolute Gasteiger partial charge is 0.139 e. The molecule has 0 aliphatic heterocycles. The number of nitrogens with two attached hydrogens (primary N) is 1. The van der Waals surface area contributed by atoms with E-state index in [-0.39, 0.29) is 0 Å². The molecule has 0 spiro atoms. The van der Waals surface area contributed by atoms with Gasteiger partial charge in [-0.1, -0.05) is 19.1 Å². The van der Waals surface area contributed by atoms with Crippen molar-refractivity contribution in [2.24, 2.45) is 5.73 Å². The molecule has 0 bridgehead atoms.